The minimum Gasteiger partial charge on any atom is -0.508 e. The molecule has 1 aromatic rings. The maximum absolute atomic E-state index is 13.7. The van der Waals surface area contributed by atoms with Gasteiger partial charge in [0.2, 0.25) is 5.91 Å². The van der Waals surface area contributed by atoms with Crippen molar-refractivity contribution in [3.8, 4) is 5.75 Å². The summed E-state index contributed by atoms with van der Waals surface area (Å²) in [5.41, 5.74) is 2.62. The molecule has 1 amide bonds. The van der Waals surface area contributed by atoms with E-state index in [4.69, 9.17) is 9.47 Å². The Morgan fingerprint density at radius 2 is 2.31 bits per heavy atom. The molecule has 0 spiro atoms. The van der Waals surface area contributed by atoms with Crippen LogP contribution < -0.4 is 0 Å². The first-order chi connectivity index (χ1) is 12.6. The van der Waals surface area contributed by atoms with Gasteiger partial charge in [-0.1, -0.05) is 17.7 Å². The third-order valence-electron chi connectivity index (χ3n) is 7.16. The van der Waals surface area contributed by atoms with Crippen LogP contribution >= 0.6 is 0 Å². The summed E-state index contributed by atoms with van der Waals surface area (Å²) in [6, 6.07) is 5.59. The zero-order chi connectivity index (χ0) is 18.1. The van der Waals surface area contributed by atoms with Crippen LogP contribution in [0.3, 0.4) is 0 Å². The second-order valence-corrected chi connectivity index (χ2v) is 8.14. The Bertz CT molecular complexity index is 803. The van der Waals surface area contributed by atoms with E-state index in [1.54, 1.807) is 19.2 Å². The molecule has 0 aromatic heterocycles. The number of rotatable bonds is 3. The molecule has 1 aliphatic carbocycles. The molecule has 5 atom stereocenters. The number of hydrogen-bond acceptors (Lipinski definition) is 4. The highest BCUT2D eigenvalue weighted by molar-refractivity contribution is 5.93. The van der Waals surface area contributed by atoms with Crippen LogP contribution in [0, 0.1) is 11.8 Å². The van der Waals surface area contributed by atoms with Crippen molar-refractivity contribution in [2.24, 2.45) is 11.8 Å². The molecule has 1 N–H and O–H groups in total. The molecule has 1 aromatic carbocycles. The van der Waals surface area contributed by atoms with Crippen LogP contribution in [-0.4, -0.2) is 48.3 Å². The van der Waals surface area contributed by atoms with E-state index in [0.29, 0.717) is 18.4 Å². The maximum atomic E-state index is 13.7. The number of phenolic OH excluding ortho intramolecular Hbond substituents is 1. The zero-order valence-corrected chi connectivity index (χ0v) is 15.3. The van der Waals surface area contributed by atoms with E-state index in [1.165, 1.54) is 5.57 Å². The molecular weight excluding hydrogens is 330 g/mol. The molecule has 1 saturated carbocycles. The number of allylic oxidation sites excluding steroid dienone is 1. The number of piperidine rings is 1. The fraction of sp³-hybridized carbons (Fsp3) is 0.571. The minimum absolute atomic E-state index is 0.110. The predicted octanol–water partition coefficient (Wildman–Crippen LogP) is 2.37. The molecule has 5 fully saturated rings. The Hall–Kier alpha value is -1.85. The van der Waals surface area contributed by atoms with Crippen LogP contribution in [0.25, 0.3) is 0 Å². The number of aromatic hydroxyl groups is 1. The number of benzene rings is 1. The van der Waals surface area contributed by atoms with Crippen LogP contribution in [0.15, 0.2) is 29.8 Å². The van der Waals surface area contributed by atoms with E-state index in [1.807, 2.05) is 6.07 Å². The minimum atomic E-state index is -0.644. The van der Waals surface area contributed by atoms with Gasteiger partial charge in [-0.2, -0.15) is 0 Å². The van der Waals surface area contributed by atoms with Crippen LogP contribution in [0.5, 0.6) is 5.75 Å². The first-order valence-corrected chi connectivity index (χ1v) is 9.49. The SMILES string of the molecule is CC=C1CN2C(=O)C3(c4ccc(O)cc4COC)CC2C2COC3CC12. The predicted molar refractivity (Wildman–Crippen MR) is 95.7 cm³/mol. The lowest BCUT2D eigenvalue weighted by atomic mass is 9.69. The van der Waals surface area contributed by atoms with Crippen molar-refractivity contribution in [1.82, 2.24) is 4.90 Å². The fourth-order valence-corrected chi connectivity index (χ4v) is 6.05. The van der Waals surface area contributed by atoms with Gasteiger partial charge in [-0.15, -0.1) is 0 Å². The van der Waals surface area contributed by atoms with Crippen molar-refractivity contribution >= 4 is 5.91 Å². The third-order valence-corrected chi connectivity index (χ3v) is 7.16. The molecular formula is C21H25NO4. The normalized spacial score (nSPS) is 39.1. The lowest BCUT2D eigenvalue weighted by molar-refractivity contribution is -0.154. The molecule has 0 radical (unpaired) electrons. The molecule has 5 unspecified atom stereocenters. The van der Waals surface area contributed by atoms with Gasteiger partial charge in [-0.25, -0.2) is 0 Å². The van der Waals surface area contributed by atoms with Gasteiger partial charge in [0.05, 0.1) is 19.3 Å². The summed E-state index contributed by atoms with van der Waals surface area (Å²) in [4.78, 5) is 15.8. The van der Waals surface area contributed by atoms with Gasteiger partial charge in [0.1, 0.15) is 11.2 Å². The summed E-state index contributed by atoms with van der Waals surface area (Å²) in [5, 5.41) is 9.96. The van der Waals surface area contributed by atoms with E-state index in [2.05, 4.69) is 17.9 Å². The van der Waals surface area contributed by atoms with Gasteiger partial charge in [-0.3, -0.25) is 4.79 Å². The van der Waals surface area contributed by atoms with Crippen molar-refractivity contribution < 1.29 is 19.4 Å². The molecule has 138 valence electrons. The molecule has 5 nitrogen and oxygen atoms in total. The van der Waals surface area contributed by atoms with Gasteiger partial charge in [0.15, 0.2) is 0 Å². The van der Waals surface area contributed by atoms with Crippen LogP contribution in [0.1, 0.15) is 30.9 Å². The van der Waals surface area contributed by atoms with Crippen molar-refractivity contribution in [3.05, 3.63) is 41.0 Å². The molecule has 6 rings (SSSR count). The van der Waals surface area contributed by atoms with Crippen LogP contribution in [0.2, 0.25) is 0 Å². The standard InChI is InChI=1S/C21H25NO4/c1-3-12-9-22-18-8-21(20(22)24,19-7-15(12)16(18)11-26-19)17-5-4-14(23)6-13(17)10-25-2/h3-6,15-16,18-19,23H,7-11H2,1-2H3. The molecule has 4 heterocycles. The smallest absolute Gasteiger partial charge is 0.236 e. The molecule has 5 aliphatic rings. The van der Waals surface area contributed by atoms with Crippen molar-refractivity contribution in [2.45, 2.75) is 43.9 Å². The highest BCUT2D eigenvalue weighted by atomic mass is 16.5. The second kappa shape index (κ2) is 5.57. The number of nitrogens with zero attached hydrogens (tertiary/aromatic N) is 1. The topological polar surface area (TPSA) is 59.0 Å². The number of ether oxygens (including phenoxy) is 2. The van der Waals surface area contributed by atoms with Gasteiger partial charge in [-0.05, 0) is 48.9 Å². The van der Waals surface area contributed by atoms with Gasteiger partial charge < -0.3 is 19.5 Å². The monoisotopic (exact) mass is 355 g/mol. The summed E-state index contributed by atoms with van der Waals surface area (Å²) >= 11 is 0. The number of amides is 1. The number of methoxy groups -OCH3 is 1. The zero-order valence-electron chi connectivity index (χ0n) is 15.3. The average Bonchev–Trinajstić information content (AvgIpc) is 2.78. The summed E-state index contributed by atoms with van der Waals surface area (Å²) in [6.45, 7) is 3.96. The Morgan fingerprint density at radius 3 is 3.08 bits per heavy atom. The number of carbonyl (C=O) groups is 1. The van der Waals surface area contributed by atoms with Gasteiger partial charge in [0, 0.05) is 25.6 Å². The Morgan fingerprint density at radius 1 is 1.46 bits per heavy atom. The van der Waals surface area contributed by atoms with Crippen molar-refractivity contribution in [2.75, 3.05) is 20.3 Å². The van der Waals surface area contributed by atoms with E-state index >= 15 is 0 Å². The maximum Gasteiger partial charge on any atom is 0.236 e. The Balaban J connectivity index is 1.70. The average molecular weight is 355 g/mol. The summed E-state index contributed by atoms with van der Waals surface area (Å²) in [7, 11) is 1.64. The van der Waals surface area contributed by atoms with Crippen molar-refractivity contribution in [1.29, 1.82) is 0 Å². The molecule has 5 bridgehead atoms. The van der Waals surface area contributed by atoms with Crippen LogP contribution in [-0.2, 0) is 26.3 Å². The fourth-order valence-electron chi connectivity index (χ4n) is 6.05. The van der Waals surface area contributed by atoms with Crippen molar-refractivity contribution in [3.63, 3.8) is 0 Å². The quantitative estimate of drug-likeness (QED) is 0.846. The number of hydrogen-bond donors (Lipinski definition) is 1. The molecule has 26 heavy (non-hydrogen) atoms. The van der Waals surface area contributed by atoms with Gasteiger partial charge >= 0.3 is 0 Å². The third kappa shape index (κ3) is 1.90. The Labute approximate surface area is 153 Å². The highest BCUT2D eigenvalue weighted by Crippen LogP contribution is 2.58. The first-order valence-electron chi connectivity index (χ1n) is 9.49. The number of carbonyl (C=O) groups excluding carboxylic acids is 1. The van der Waals surface area contributed by atoms with E-state index < -0.39 is 5.41 Å². The van der Waals surface area contributed by atoms with Gasteiger partial charge in [0.25, 0.3) is 0 Å². The Kier molecular flexibility index (Phi) is 3.50. The lowest BCUT2D eigenvalue weighted by Gasteiger charge is -2.50. The van der Waals surface area contributed by atoms with E-state index in [-0.39, 0.29) is 23.8 Å². The summed E-state index contributed by atoms with van der Waals surface area (Å²) in [6.07, 6.45) is 3.82. The molecule has 4 saturated heterocycles. The number of phenols is 1. The van der Waals surface area contributed by atoms with E-state index in [0.717, 1.165) is 37.1 Å². The lowest BCUT2D eigenvalue weighted by Crippen LogP contribution is -2.59. The molecule has 5 heteroatoms. The summed E-state index contributed by atoms with van der Waals surface area (Å²) in [5.74, 6) is 1.33. The number of fused-ring (bicyclic) bond motifs is 1. The largest absolute Gasteiger partial charge is 0.508 e. The molecule has 4 aliphatic heterocycles. The summed E-state index contributed by atoms with van der Waals surface area (Å²) < 4.78 is 11.7. The van der Waals surface area contributed by atoms with E-state index in [9.17, 15) is 9.90 Å². The second-order valence-electron chi connectivity index (χ2n) is 8.14. The highest BCUT2D eigenvalue weighted by Gasteiger charge is 2.67. The first kappa shape index (κ1) is 16.3. The van der Waals surface area contributed by atoms with Crippen LogP contribution in [0.4, 0.5) is 0 Å².